The van der Waals surface area contributed by atoms with Gasteiger partial charge in [0.1, 0.15) is 0 Å². The minimum atomic E-state index is -1.35. The molecule has 7 nitrogen and oxygen atoms in total. The summed E-state index contributed by atoms with van der Waals surface area (Å²) in [5, 5.41) is 8.24. The summed E-state index contributed by atoms with van der Waals surface area (Å²) >= 11 is 0. The van der Waals surface area contributed by atoms with E-state index in [1.165, 1.54) is 0 Å². The van der Waals surface area contributed by atoms with Crippen LogP contribution in [-0.4, -0.2) is 32.7 Å². The molecule has 0 aliphatic carbocycles. The fraction of sp³-hybridized carbons (Fsp3) is 0.200. The molecule has 2 aromatic rings. The Balaban J connectivity index is 2.14. The Kier molecular flexibility index (Phi) is 3.64. The van der Waals surface area contributed by atoms with Crippen LogP contribution in [0.3, 0.4) is 0 Å². The van der Waals surface area contributed by atoms with E-state index < -0.39 is 23.2 Å². The molecular formula is C10H9F2N5O2. The number of H-pyrrole nitrogens is 1. The monoisotopic (exact) mass is 269 g/mol. The van der Waals surface area contributed by atoms with Gasteiger partial charge in [-0.25, -0.2) is 14.5 Å². The Morgan fingerprint density at radius 1 is 1.53 bits per heavy atom. The maximum absolute atomic E-state index is 13.3. The first-order chi connectivity index (χ1) is 9.11. The van der Waals surface area contributed by atoms with Crippen molar-refractivity contribution in [3.8, 4) is 6.01 Å². The second kappa shape index (κ2) is 5.38. The summed E-state index contributed by atoms with van der Waals surface area (Å²) in [6.07, 6.45) is 0.985. The van der Waals surface area contributed by atoms with Gasteiger partial charge in [0, 0.05) is 6.20 Å². The predicted octanol–water partition coefficient (Wildman–Crippen LogP) is 1.13. The second-order valence-electron chi connectivity index (χ2n) is 3.32. The first kappa shape index (κ1) is 12.9. The van der Waals surface area contributed by atoms with E-state index in [-0.39, 0.29) is 12.0 Å². The maximum atomic E-state index is 13.3. The average Bonchev–Trinajstić information content (AvgIpc) is 2.80. The van der Waals surface area contributed by atoms with E-state index >= 15 is 0 Å². The minimum Gasteiger partial charge on any atom is -0.463 e. The van der Waals surface area contributed by atoms with Crippen LogP contribution in [0.1, 0.15) is 17.3 Å². The quantitative estimate of drug-likeness (QED) is 0.811. The summed E-state index contributed by atoms with van der Waals surface area (Å²) in [6, 6.07) is 1.09. The first-order valence-corrected chi connectivity index (χ1v) is 5.28. The summed E-state index contributed by atoms with van der Waals surface area (Å²) in [6.45, 7) is 2.10. The summed E-state index contributed by atoms with van der Waals surface area (Å²) in [7, 11) is 0. The van der Waals surface area contributed by atoms with Crippen molar-refractivity contribution < 1.29 is 18.3 Å². The molecule has 0 saturated heterocycles. The molecule has 0 aliphatic heterocycles. The van der Waals surface area contributed by atoms with Gasteiger partial charge >= 0.3 is 6.01 Å². The number of aromatic nitrogens is 4. The third-order valence-electron chi connectivity index (χ3n) is 2.06. The zero-order valence-corrected chi connectivity index (χ0v) is 9.78. The topological polar surface area (TPSA) is 92.8 Å². The van der Waals surface area contributed by atoms with Gasteiger partial charge in [0.15, 0.2) is 5.82 Å². The Bertz CT molecular complexity index is 601. The highest BCUT2D eigenvalue weighted by molar-refractivity contribution is 6.03. The summed E-state index contributed by atoms with van der Waals surface area (Å²) < 4.78 is 31.1. The van der Waals surface area contributed by atoms with Crippen molar-refractivity contribution in [2.24, 2.45) is 0 Å². The normalized spacial score (nSPS) is 10.3. The maximum Gasteiger partial charge on any atom is 0.337 e. The zero-order chi connectivity index (χ0) is 13.8. The smallest absolute Gasteiger partial charge is 0.337 e. The molecule has 2 heterocycles. The van der Waals surface area contributed by atoms with Crippen LogP contribution in [0.2, 0.25) is 0 Å². The molecule has 0 fully saturated rings. The number of halogens is 2. The molecule has 9 heteroatoms. The van der Waals surface area contributed by atoms with Crippen LogP contribution in [0.15, 0.2) is 12.3 Å². The lowest BCUT2D eigenvalue weighted by Crippen LogP contribution is -2.16. The van der Waals surface area contributed by atoms with E-state index in [0.29, 0.717) is 6.61 Å². The van der Waals surface area contributed by atoms with Gasteiger partial charge in [0.2, 0.25) is 11.9 Å². The molecule has 0 aromatic carbocycles. The highest BCUT2D eigenvalue weighted by Crippen LogP contribution is 2.12. The molecule has 2 rings (SSSR count). The fourth-order valence-electron chi connectivity index (χ4n) is 1.26. The molecule has 2 N–H and O–H groups in total. The molecule has 0 radical (unpaired) electrons. The SMILES string of the molecule is CCOc1n[nH]c(NC(=O)c2ccnc(F)c2F)n1. The van der Waals surface area contributed by atoms with E-state index in [2.05, 4.69) is 25.5 Å². The number of nitrogens with zero attached hydrogens (tertiary/aromatic N) is 3. The lowest BCUT2D eigenvalue weighted by molar-refractivity contribution is 0.102. The van der Waals surface area contributed by atoms with Crippen LogP contribution in [0, 0.1) is 11.8 Å². The van der Waals surface area contributed by atoms with Crippen molar-refractivity contribution in [3.05, 3.63) is 29.6 Å². The van der Waals surface area contributed by atoms with Crippen molar-refractivity contribution >= 4 is 11.9 Å². The number of pyridine rings is 1. The van der Waals surface area contributed by atoms with Gasteiger partial charge in [-0.05, 0) is 13.0 Å². The number of hydrogen-bond acceptors (Lipinski definition) is 5. The number of amides is 1. The molecule has 0 bridgehead atoms. The lowest BCUT2D eigenvalue weighted by Gasteiger charge is -2.02. The van der Waals surface area contributed by atoms with Gasteiger partial charge < -0.3 is 4.74 Å². The van der Waals surface area contributed by atoms with E-state index in [1.807, 2.05) is 0 Å². The molecule has 0 spiro atoms. The molecule has 0 unspecified atom stereocenters. The van der Waals surface area contributed by atoms with Crippen LogP contribution >= 0.6 is 0 Å². The summed E-state index contributed by atoms with van der Waals surface area (Å²) in [5.41, 5.74) is -0.484. The van der Waals surface area contributed by atoms with Crippen LogP contribution < -0.4 is 10.1 Å². The number of aromatic amines is 1. The highest BCUT2D eigenvalue weighted by atomic mass is 19.2. The van der Waals surface area contributed by atoms with E-state index in [0.717, 1.165) is 12.3 Å². The molecule has 100 valence electrons. The number of hydrogen-bond donors (Lipinski definition) is 2. The molecule has 2 aromatic heterocycles. The first-order valence-electron chi connectivity index (χ1n) is 5.28. The predicted molar refractivity (Wildman–Crippen MR) is 59.7 cm³/mol. The Hall–Kier alpha value is -2.58. The number of anilines is 1. The highest BCUT2D eigenvalue weighted by Gasteiger charge is 2.17. The number of rotatable bonds is 4. The summed E-state index contributed by atoms with van der Waals surface area (Å²) in [4.78, 5) is 18.5. The third kappa shape index (κ3) is 2.81. The van der Waals surface area contributed by atoms with Gasteiger partial charge in [-0.2, -0.15) is 9.37 Å². The number of nitrogens with one attached hydrogen (secondary N) is 2. The van der Waals surface area contributed by atoms with Crippen molar-refractivity contribution in [2.75, 3.05) is 11.9 Å². The van der Waals surface area contributed by atoms with Crippen LogP contribution in [0.5, 0.6) is 6.01 Å². The van der Waals surface area contributed by atoms with E-state index in [1.54, 1.807) is 6.92 Å². The van der Waals surface area contributed by atoms with Gasteiger partial charge in [-0.15, -0.1) is 5.10 Å². The molecular weight excluding hydrogens is 260 g/mol. The van der Waals surface area contributed by atoms with Crippen molar-refractivity contribution in [3.63, 3.8) is 0 Å². The van der Waals surface area contributed by atoms with Crippen LogP contribution in [-0.2, 0) is 0 Å². The Labute approximate surface area is 106 Å². The van der Waals surface area contributed by atoms with Crippen LogP contribution in [0.4, 0.5) is 14.7 Å². The molecule has 19 heavy (non-hydrogen) atoms. The van der Waals surface area contributed by atoms with Gasteiger partial charge in [-0.1, -0.05) is 0 Å². The lowest BCUT2D eigenvalue weighted by atomic mass is 10.2. The van der Waals surface area contributed by atoms with Gasteiger partial charge in [0.05, 0.1) is 12.2 Å². The molecule has 0 atom stereocenters. The Morgan fingerprint density at radius 2 is 2.32 bits per heavy atom. The molecule has 1 amide bonds. The third-order valence-corrected chi connectivity index (χ3v) is 2.06. The largest absolute Gasteiger partial charge is 0.463 e. The number of carbonyl (C=O) groups is 1. The minimum absolute atomic E-state index is 0.0370. The Morgan fingerprint density at radius 3 is 3.05 bits per heavy atom. The standard InChI is InChI=1S/C10H9F2N5O2/c1-2-19-10-15-9(16-17-10)14-8(18)5-3-4-13-7(12)6(5)11/h3-4H,2H2,1H3,(H2,14,15,16,17,18). The summed E-state index contributed by atoms with van der Waals surface area (Å²) in [5.74, 6) is -3.59. The van der Waals surface area contributed by atoms with E-state index in [9.17, 15) is 13.6 Å². The molecule has 0 aliphatic rings. The zero-order valence-electron chi connectivity index (χ0n) is 9.78. The number of ether oxygens (including phenoxy) is 1. The number of carbonyl (C=O) groups excluding carboxylic acids is 1. The van der Waals surface area contributed by atoms with Gasteiger partial charge in [0.25, 0.3) is 5.91 Å². The van der Waals surface area contributed by atoms with Crippen LogP contribution in [0.25, 0.3) is 0 Å². The fourth-order valence-corrected chi connectivity index (χ4v) is 1.26. The average molecular weight is 269 g/mol. The van der Waals surface area contributed by atoms with E-state index in [4.69, 9.17) is 4.74 Å². The second-order valence-corrected chi connectivity index (χ2v) is 3.32. The van der Waals surface area contributed by atoms with Crippen molar-refractivity contribution in [1.82, 2.24) is 20.2 Å². The van der Waals surface area contributed by atoms with Gasteiger partial charge in [-0.3, -0.25) is 10.1 Å². The van der Waals surface area contributed by atoms with Crippen molar-refractivity contribution in [1.29, 1.82) is 0 Å². The molecule has 0 saturated carbocycles. The van der Waals surface area contributed by atoms with Crippen molar-refractivity contribution in [2.45, 2.75) is 6.92 Å².